The van der Waals surface area contributed by atoms with Crippen LogP contribution >= 0.6 is 0 Å². The van der Waals surface area contributed by atoms with Crippen LogP contribution in [0.15, 0.2) is 12.3 Å². The van der Waals surface area contributed by atoms with Gasteiger partial charge < -0.3 is 10.2 Å². The first-order valence-corrected chi connectivity index (χ1v) is 4.02. The molecule has 0 aromatic rings. The highest BCUT2D eigenvalue weighted by Gasteiger charge is 2.31. The third kappa shape index (κ3) is 1.09. The van der Waals surface area contributed by atoms with Crippen LogP contribution in [0.2, 0.25) is 0 Å². The summed E-state index contributed by atoms with van der Waals surface area (Å²) >= 11 is 0. The van der Waals surface area contributed by atoms with Gasteiger partial charge in [-0.2, -0.15) is 0 Å². The Balaban J connectivity index is 2.19. The molecule has 0 aliphatic carbocycles. The highest BCUT2D eigenvalue weighted by atomic mass is 16.2. The maximum Gasteiger partial charge on any atom is 0.245 e. The van der Waals surface area contributed by atoms with Crippen molar-refractivity contribution in [2.24, 2.45) is 0 Å². The zero-order valence-corrected chi connectivity index (χ0v) is 6.62. The minimum Gasteiger partial charge on any atom is -0.365 e. The van der Waals surface area contributed by atoms with Crippen LogP contribution < -0.4 is 5.32 Å². The summed E-state index contributed by atoms with van der Waals surface area (Å²) in [6.07, 6.45) is 3.78. The molecule has 1 amide bonds. The number of nitrogens with one attached hydrogen (secondary N) is 1. The minimum absolute atomic E-state index is 0.114. The van der Waals surface area contributed by atoms with Crippen molar-refractivity contribution < 1.29 is 9.59 Å². The van der Waals surface area contributed by atoms with E-state index in [0.29, 0.717) is 13.0 Å². The van der Waals surface area contributed by atoms with Crippen LogP contribution in [0.1, 0.15) is 6.42 Å². The van der Waals surface area contributed by atoms with E-state index in [-0.39, 0.29) is 17.7 Å². The lowest BCUT2D eigenvalue weighted by molar-refractivity contribution is -0.119. The van der Waals surface area contributed by atoms with Crippen LogP contribution in [-0.2, 0) is 9.59 Å². The highest BCUT2D eigenvalue weighted by molar-refractivity contribution is 5.91. The van der Waals surface area contributed by atoms with E-state index in [1.807, 2.05) is 4.90 Å². The predicted molar refractivity (Wildman–Crippen MR) is 42.3 cm³/mol. The molecule has 0 spiro atoms. The molecular weight excluding hydrogens is 156 g/mol. The first kappa shape index (κ1) is 7.34. The third-order valence-electron chi connectivity index (χ3n) is 2.28. The Bertz CT molecular complexity index is 260. The second-order valence-electron chi connectivity index (χ2n) is 3.03. The number of nitrogens with zero attached hydrogens (tertiary/aromatic N) is 1. The normalized spacial score (nSPS) is 28.3. The van der Waals surface area contributed by atoms with Gasteiger partial charge in [-0.3, -0.25) is 9.59 Å². The minimum atomic E-state index is -0.118. The van der Waals surface area contributed by atoms with Gasteiger partial charge >= 0.3 is 0 Å². The Morgan fingerprint density at radius 1 is 1.50 bits per heavy atom. The summed E-state index contributed by atoms with van der Waals surface area (Å²) in [6, 6.07) is -0.118. The van der Waals surface area contributed by atoms with E-state index in [1.165, 1.54) is 6.08 Å². The average Bonchev–Trinajstić information content (AvgIpc) is 2.28. The van der Waals surface area contributed by atoms with Crippen LogP contribution in [0, 0.1) is 0 Å². The molecule has 1 unspecified atom stereocenters. The smallest absolute Gasteiger partial charge is 0.245 e. The van der Waals surface area contributed by atoms with Gasteiger partial charge in [-0.05, 0) is 0 Å². The largest absolute Gasteiger partial charge is 0.365 e. The van der Waals surface area contributed by atoms with Crippen molar-refractivity contribution in [1.29, 1.82) is 0 Å². The monoisotopic (exact) mass is 166 g/mol. The molecule has 0 bridgehead atoms. The molecule has 1 atom stereocenters. The van der Waals surface area contributed by atoms with Gasteiger partial charge in [-0.15, -0.1) is 0 Å². The standard InChI is InChI=1S/C8H10N2O2/c11-7-1-3-10-4-2-8(12)9-5-6(7)10/h2,4,6H,1,3,5H2,(H,9,12). The zero-order chi connectivity index (χ0) is 8.55. The Hall–Kier alpha value is -1.32. The predicted octanol–water partition coefficient (Wildman–Crippen LogP) is -0.727. The van der Waals surface area contributed by atoms with Gasteiger partial charge in [0.1, 0.15) is 6.04 Å². The molecule has 0 saturated carbocycles. The molecule has 64 valence electrons. The maximum absolute atomic E-state index is 11.2. The Morgan fingerprint density at radius 2 is 2.33 bits per heavy atom. The van der Waals surface area contributed by atoms with E-state index in [0.717, 1.165) is 6.54 Å². The Morgan fingerprint density at radius 3 is 3.17 bits per heavy atom. The first-order valence-electron chi connectivity index (χ1n) is 4.02. The lowest BCUT2D eigenvalue weighted by Crippen LogP contribution is -2.38. The van der Waals surface area contributed by atoms with Crippen molar-refractivity contribution in [2.45, 2.75) is 12.5 Å². The summed E-state index contributed by atoms with van der Waals surface area (Å²) in [4.78, 5) is 24.0. The fourth-order valence-electron chi connectivity index (χ4n) is 1.58. The molecule has 2 aliphatic rings. The molecule has 1 fully saturated rings. The zero-order valence-electron chi connectivity index (χ0n) is 6.62. The molecule has 4 nitrogen and oxygen atoms in total. The second kappa shape index (κ2) is 2.62. The lowest BCUT2D eigenvalue weighted by atomic mass is 10.2. The van der Waals surface area contributed by atoms with Gasteiger partial charge in [0.05, 0.1) is 0 Å². The molecule has 1 saturated heterocycles. The molecule has 2 aliphatic heterocycles. The molecule has 2 heterocycles. The van der Waals surface area contributed by atoms with Gasteiger partial charge in [0, 0.05) is 31.8 Å². The topological polar surface area (TPSA) is 49.4 Å². The van der Waals surface area contributed by atoms with Crippen molar-refractivity contribution >= 4 is 11.7 Å². The summed E-state index contributed by atoms with van der Waals surface area (Å²) in [7, 11) is 0. The summed E-state index contributed by atoms with van der Waals surface area (Å²) in [5, 5.41) is 2.66. The summed E-state index contributed by atoms with van der Waals surface area (Å²) in [6.45, 7) is 1.19. The molecule has 0 radical (unpaired) electrons. The molecule has 0 aromatic carbocycles. The van der Waals surface area contributed by atoms with Gasteiger partial charge in [0.15, 0.2) is 5.78 Å². The number of hydrogen-bond donors (Lipinski definition) is 1. The van der Waals surface area contributed by atoms with E-state index >= 15 is 0 Å². The number of Topliss-reactive ketones (excluding diaryl/α,β-unsaturated/α-hetero) is 1. The van der Waals surface area contributed by atoms with E-state index in [2.05, 4.69) is 5.32 Å². The van der Waals surface area contributed by atoms with E-state index in [4.69, 9.17) is 0 Å². The number of ketones is 1. The van der Waals surface area contributed by atoms with Crippen molar-refractivity contribution in [2.75, 3.05) is 13.1 Å². The second-order valence-corrected chi connectivity index (χ2v) is 3.03. The van der Waals surface area contributed by atoms with Gasteiger partial charge in [-0.25, -0.2) is 0 Å². The van der Waals surface area contributed by atoms with E-state index in [1.54, 1.807) is 6.20 Å². The van der Waals surface area contributed by atoms with Gasteiger partial charge in [-0.1, -0.05) is 0 Å². The summed E-state index contributed by atoms with van der Waals surface area (Å²) in [5.41, 5.74) is 0. The van der Waals surface area contributed by atoms with Crippen molar-refractivity contribution in [3.8, 4) is 0 Å². The fourth-order valence-corrected chi connectivity index (χ4v) is 1.58. The van der Waals surface area contributed by atoms with E-state index < -0.39 is 0 Å². The SMILES string of the molecule is O=C1C=CN2CCC(=O)C2CN1. The van der Waals surface area contributed by atoms with Crippen molar-refractivity contribution in [3.63, 3.8) is 0 Å². The number of carbonyl (C=O) groups is 2. The summed E-state index contributed by atoms with van der Waals surface area (Å²) in [5.74, 6) is 0.110. The number of carbonyl (C=O) groups excluding carboxylic acids is 2. The van der Waals surface area contributed by atoms with Crippen molar-refractivity contribution in [3.05, 3.63) is 12.3 Å². The Kier molecular flexibility index (Phi) is 1.60. The summed E-state index contributed by atoms with van der Waals surface area (Å²) < 4.78 is 0. The number of amides is 1. The molecular formula is C8H10N2O2. The first-order chi connectivity index (χ1) is 5.77. The average molecular weight is 166 g/mol. The molecule has 12 heavy (non-hydrogen) atoms. The van der Waals surface area contributed by atoms with E-state index in [9.17, 15) is 9.59 Å². The molecule has 1 N–H and O–H groups in total. The van der Waals surface area contributed by atoms with Crippen molar-refractivity contribution in [1.82, 2.24) is 10.2 Å². The quantitative estimate of drug-likeness (QED) is 0.516. The third-order valence-corrected chi connectivity index (χ3v) is 2.28. The lowest BCUT2D eigenvalue weighted by Gasteiger charge is -2.18. The Labute approximate surface area is 70.2 Å². The van der Waals surface area contributed by atoms with Crippen LogP contribution in [0.4, 0.5) is 0 Å². The number of hydrogen-bond acceptors (Lipinski definition) is 3. The fraction of sp³-hybridized carbons (Fsp3) is 0.500. The molecule has 2 rings (SSSR count). The number of rotatable bonds is 0. The highest BCUT2D eigenvalue weighted by Crippen LogP contribution is 2.14. The van der Waals surface area contributed by atoms with Crippen LogP contribution in [0.25, 0.3) is 0 Å². The van der Waals surface area contributed by atoms with Crippen LogP contribution in [-0.4, -0.2) is 35.7 Å². The maximum atomic E-state index is 11.2. The van der Waals surface area contributed by atoms with Crippen LogP contribution in [0.3, 0.4) is 0 Å². The van der Waals surface area contributed by atoms with Crippen LogP contribution in [0.5, 0.6) is 0 Å². The molecule has 0 aromatic heterocycles. The molecule has 4 heteroatoms. The number of fused-ring (bicyclic) bond motifs is 1. The van der Waals surface area contributed by atoms with Gasteiger partial charge in [0.25, 0.3) is 0 Å². The van der Waals surface area contributed by atoms with Gasteiger partial charge in [0.2, 0.25) is 5.91 Å².